The van der Waals surface area contributed by atoms with Gasteiger partial charge in [0.05, 0.1) is 12.7 Å². The van der Waals surface area contributed by atoms with Crippen LogP contribution < -0.4 is 15.0 Å². The normalized spacial score (nSPS) is 13.9. The van der Waals surface area contributed by atoms with Gasteiger partial charge in [0.2, 0.25) is 5.91 Å². The summed E-state index contributed by atoms with van der Waals surface area (Å²) in [5, 5.41) is 2.92. The molecule has 0 radical (unpaired) electrons. The number of ether oxygens (including phenoxy) is 1. The number of hydrogen-bond donors (Lipinski definition) is 1. The van der Waals surface area contributed by atoms with E-state index in [-0.39, 0.29) is 11.8 Å². The third kappa shape index (κ3) is 5.00. The first-order valence-corrected chi connectivity index (χ1v) is 9.44. The van der Waals surface area contributed by atoms with Gasteiger partial charge in [-0.1, -0.05) is 12.1 Å². The molecule has 1 aliphatic heterocycles. The Morgan fingerprint density at radius 3 is 2.57 bits per heavy atom. The van der Waals surface area contributed by atoms with E-state index in [9.17, 15) is 9.59 Å². The number of rotatable bonds is 6. The van der Waals surface area contributed by atoms with E-state index in [0.29, 0.717) is 25.2 Å². The molecule has 0 saturated carbocycles. The van der Waals surface area contributed by atoms with Crippen LogP contribution in [0.1, 0.15) is 22.8 Å². The zero-order valence-electron chi connectivity index (χ0n) is 16.4. The minimum absolute atomic E-state index is 0.105. The molecule has 148 valence electrons. The first-order valence-electron chi connectivity index (χ1n) is 9.44. The standard InChI is InChI=1S/C21H26N4O3/c1-16(26)24-10-12-25(13-11-24)20-7-6-18(15-23-20)21(27)22-9-8-17-4-3-5-19(14-17)28-2/h3-7,14-15H,8-13H2,1-2H3,(H,22,27). The second-order valence-corrected chi connectivity index (χ2v) is 6.76. The average Bonchev–Trinajstić information content (AvgIpc) is 2.74. The van der Waals surface area contributed by atoms with Crippen LogP contribution in [0.2, 0.25) is 0 Å². The van der Waals surface area contributed by atoms with E-state index in [2.05, 4.69) is 15.2 Å². The third-order valence-electron chi connectivity index (χ3n) is 4.89. The van der Waals surface area contributed by atoms with E-state index >= 15 is 0 Å². The number of anilines is 1. The number of nitrogens with zero attached hydrogens (tertiary/aromatic N) is 3. The average molecular weight is 382 g/mol. The molecule has 1 aliphatic rings. The lowest BCUT2D eigenvalue weighted by Gasteiger charge is -2.34. The van der Waals surface area contributed by atoms with Crippen LogP contribution in [0.15, 0.2) is 42.6 Å². The summed E-state index contributed by atoms with van der Waals surface area (Å²) in [6.07, 6.45) is 2.34. The molecule has 28 heavy (non-hydrogen) atoms. The maximum atomic E-state index is 12.3. The number of methoxy groups -OCH3 is 1. The second kappa shape index (κ2) is 9.21. The monoisotopic (exact) mass is 382 g/mol. The molecule has 2 heterocycles. The molecule has 1 fully saturated rings. The fraction of sp³-hybridized carbons (Fsp3) is 0.381. The summed E-state index contributed by atoms with van der Waals surface area (Å²) in [5.41, 5.74) is 1.65. The first kappa shape index (κ1) is 19.7. The Morgan fingerprint density at radius 1 is 1.14 bits per heavy atom. The Balaban J connectivity index is 1.49. The first-order chi connectivity index (χ1) is 13.6. The number of aromatic nitrogens is 1. The van der Waals surface area contributed by atoms with Gasteiger partial charge in [-0.2, -0.15) is 0 Å². The van der Waals surface area contributed by atoms with Crippen molar-refractivity contribution in [3.8, 4) is 5.75 Å². The lowest BCUT2D eigenvalue weighted by Crippen LogP contribution is -2.48. The molecular weight excluding hydrogens is 356 g/mol. The van der Waals surface area contributed by atoms with Crippen molar-refractivity contribution in [1.82, 2.24) is 15.2 Å². The Bertz CT molecular complexity index is 815. The zero-order chi connectivity index (χ0) is 19.9. The highest BCUT2D eigenvalue weighted by Crippen LogP contribution is 2.15. The van der Waals surface area contributed by atoms with Crippen molar-refractivity contribution in [2.75, 3.05) is 44.7 Å². The smallest absolute Gasteiger partial charge is 0.252 e. The fourth-order valence-electron chi connectivity index (χ4n) is 3.21. The van der Waals surface area contributed by atoms with Gasteiger partial charge in [-0.25, -0.2) is 4.98 Å². The highest BCUT2D eigenvalue weighted by atomic mass is 16.5. The van der Waals surface area contributed by atoms with Gasteiger partial charge in [-0.15, -0.1) is 0 Å². The number of piperazine rings is 1. The summed E-state index contributed by atoms with van der Waals surface area (Å²) >= 11 is 0. The van der Waals surface area contributed by atoms with E-state index in [4.69, 9.17) is 4.74 Å². The summed E-state index contributed by atoms with van der Waals surface area (Å²) in [4.78, 5) is 32.1. The Kier molecular flexibility index (Phi) is 6.47. The number of nitrogens with one attached hydrogen (secondary N) is 1. The van der Waals surface area contributed by atoms with E-state index in [1.54, 1.807) is 26.3 Å². The zero-order valence-corrected chi connectivity index (χ0v) is 16.4. The molecule has 0 spiro atoms. The van der Waals surface area contributed by atoms with Crippen LogP contribution in [0.3, 0.4) is 0 Å². The highest BCUT2D eigenvalue weighted by Gasteiger charge is 2.19. The number of pyridine rings is 1. The summed E-state index contributed by atoms with van der Waals surface area (Å²) in [6.45, 7) is 5.03. The van der Waals surface area contributed by atoms with E-state index < -0.39 is 0 Å². The van der Waals surface area contributed by atoms with Crippen molar-refractivity contribution < 1.29 is 14.3 Å². The van der Waals surface area contributed by atoms with Crippen LogP contribution in [-0.2, 0) is 11.2 Å². The molecule has 1 saturated heterocycles. The minimum atomic E-state index is -0.136. The van der Waals surface area contributed by atoms with Gasteiger partial charge in [-0.3, -0.25) is 9.59 Å². The lowest BCUT2D eigenvalue weighted by atomic mass is 10.1. The molecule has 1 aromatic heterocycles. The van der Waals surface area contributed by atoms with Crippen LogP contribution in [0.25, 0.3) is 0 Å². The Hall–Kier alpha value is -3.09. The van der Waals surface area contributed by atoms with Crippen LogP contribution in [0, 0.1) is 0 Å². The molecule has 1 N–H and O–H groups in total. The van der Waals surface area contributed by atoms with Crippen molar-refractivity contribution in [3.63, 3.8) is 0 Å². The lowest BCUT2D eigenvalue weighted by molar-refractivity contribution is -0.129. The Morgan fingerprint density at radius 2 is 1.93 bits per heavy atom. The molecule has 2 aromatic rings. The van der Waals surface area contributed by atoms with Gasteiger partial charge in [-0.05, 0) is 36.2 Å². The maximum absolute atomic E-state index is 12.3. The van der Waals surface area contributed by atoms with Crippen molar-refractivity contribution in [3.05, 3.63) is 53.7 Å². The third-order valence-corrected chi connectivity index (χ3v) is 4.89. The molecule has 2 amide bonds. The molecule has 0 aliphatic carbocycles. The van der Waals surface area contributed by atoms with Crippen molar-refractivity contribution in [1.29, 1.82) is 0 Å². The molecule has 0 bridgehead atoms. The summed E-state index contributed by atoms with van der Waals surface area (Å²) in [6, 6.07) is 11.5. The molecule has 7 heteroatoms. The topological polar surface area (TPSA) is 74.8 Å². The predicted molar refractivity (Wildman–Crippen MR) is 108 cm³/mol. The molecule has 1 aromatic carbocycles. The Labute approximate surface area is 165 Å². The van der Waals surface area contributed by atoms with Crippen molar-refractivity contribution in [2.24, 2.45) is 0 Å². The van der Waals surface area contributed by atoms with Crippen LogP contribution in [0.5, 0.6) is 5.75 Å². The number of carbonyl (C=O) groups excluding carboxylic acids is 2. The molecule has 3 rings (SSSR count). The van der Waals surface area contributed by atoms with E-state index in [1.165, 1.54) is 0 Å². The number of amides is 2. The SMILES string of the molecule is COc1cccc(CCNC(=O)c2ccc(N3CCN(C(C)=O)CC3)nc2)c1. The number of carbonyl (C=O) groups is 2. The van der Waals surface area contributed by atoms with Gasteiger partial charge < -0.3 is 19.9 Å². The highest BCUT2D eigenvalue weighted by molar-refractivity contribution is 5.94. The fourth-order valence-corrected chi connectivity index (χ4v) is 3.21. The van der Waals surface area contributed by atoms with Gasteiger partial charge >= 0.3 is 0 Å². The molecular formula is C21H26N4O3. The maximum Gasteiger partial charge on any atom is 0.252 e. The molecule has 0 unspecified atom stereocenters. The largest absolute Gasteiger partial charge is 0.497 e. The number of hydrogen-bond acceptors (Lipinski definition) is 5. The van der Waals surface area contributed by atoms with Gasteiger partial charge in [0.25, 0.3) is 5.91 Å². The van der Waals surface area contributed by atoms with E-state index in [0.717, 1.165) is 36.6 Å². The predicted octanol–water partition coefficient (Wildman–Crippen LogP) is 1.73. The van der Waals surface area contributed by atoms with E-state index in [1.807, 2.05) is 35.2 Å². The van der Waals surface area contributed by atoms with Crippen LogP contribution >= 0.6 is 0 Å². The minimum Gasteiger partial charge on any atom is -0.497 e. The summed E-state index contributed by atoms with van der Waals surface area (Å²) in [7, 11) is 1.64. The number of benzene rings is 1. The van der Waals surface area contributed by atoms with Gasteiger partial charge in [0.1, 0.15) is 11.6 Å². The molecule has 0 atom stereocenters. The van der Waals surface area contributed by atoms with Gasteiger partial charge in [0, 0.05) is 45.8 Å². The quantitative estimate of drug-likeness (QED) is 0.824. The summed E-state index contributed by atoms with van der Waals surface area (Å²) in [5.74, 6) is 1.61. The van der Waals surface area contributed by atoms with Crippen LogP contribution in [0.4, 0.5) is 5.82 Å². The van der Waals surface area contributed by atoms with Crippen molar-refractivity contribution >= 4 is 17.6 Å². The second-order valence-electron chi connectivity index (χ2n) is 6.76. The van der Waals surface area contributed by atoms with Crippen LogP contribution in [-0.4, -0.2) is 61.5 Å². The summed E-state index contributed by atoms with van der Waals surface area (Å²) < 4.78 is 5.21. The van der Waals surface area contributed by atoms with Crippen molar-refractivity contribution in [2.45, 2.75) is 13.3 Å². The molecule has 7 nitrogen and oxygen atoms in total. The van der Waals surface area contributed by atoms with Gasteiger partial charge in [0.15, 0.2) is 0 Å².